The van der Waals surface area contributed by atoms with Crippen molar-refractivity contribution in [2.24, 2.45) is 10.6 Å². The van der Waals surface area contributed by atoms with Crippen LogP contribution in [-0.2, 0) is 14.8 Å². The van der Waals surface area contributed by atoms with E-state index in [4.69, 9.17) is 14.5 Å². The number of hydrogen-bond donors (Lipinski definition) is 3. The fourth-order valence-electron chi connectivity index (χ4n) is 11.6. The molecule has 4 aliphatic heterocycles. The zero-order valence-electron chi connectivity index (χ0n) is 39.0. The van der Waals surface area contributed by atoms with Gasteiger partial charge in [-0.15, -0.1) is 4.91 Å². The number of alkyl halides is 1. The molecule has 15 nitrogen and oxygen atoms in total. The second kappa shape index (κ2) is 19.1. The molecule has 360 valence electrons. The molecule has 10 rings (SSSR count). The van der Waals surface area contributed by atoms with Gasteiger partial charge in [-0.1, -0.05) is 38.1 Å². The second-order valence-electron chi connectivity index (χ2n) is 20.0. The van der Waals surface area contributed by atoms with Gasteiger partial charge in [-0.05, 0) is 129 Å². The summed E-state index contributed by atoms with van der Waals surface area (Å²) in [4.78, 5) is 45.2. The van der Waals surface area contributed by atoms with E-state index in [0.717, 1.165) is 70.0 Å². The summed E-state index contributed by atoms with van der Waals surface area (Å²) in [5.41, 5.74) is 2.25. The van der Waals surface area contributed by atoms with Crippen LogP contribution in [0.4, 0.5) is 21.6 Å². The Hall–Kier alpha value is -5.49. The van der Waals surface area contributed by atoms with Gasteiger partial charge in [0.2, 0.25) is 0 Å². The third-order valence-corrected chi connectivity index (χ3v) is 16.9. The highest BCUT2D eigenvalue weighted by Crippen LogP contribution is 2.54. The fourth-order valence-corrected chi connectivity index (χ4v) is 12.5. The zero-order valence-corrected chi connectivity index (χ0v) is 39.8. The summed E-state index contributed by atoms with van der Waals surface area (Å²) in [6, 6.07) is 19.4. The van der Waals surface area contributed by atoms with E-state index in [1.54, 1.807) is 18.3 Å². The number of ether oxygens (including phenoxy) is 2. The molecule has 3 aromatic heterocycles. The number of likely N-dealkylation sites (tertiary alicyclic amines) is 2. The van der Waals surface area contributed by atoms with Crippen LogP contribution < -0.4 is 19.7 Å². The monoisotopic (exact) mass is 947 g/mol. The van der Waals surface area contributed by atoms with Crippen LogP contribution in [0.3, 0.4) is 0 Å². The van der Waals surface area contributed by atoms with Crippen molar-refractivity contribution in [3.05, 3.63) is 101 Å². The van der Waals surface area contributed by atoms with Crippen molar-refractivity contribution in [3.8, 4) is 11.5 Å². The predicted octanol–water partition coefficient (Wildman–Crippen LogP) is 9.37. The summed E-state index contributed by atoms with van der Waals surface area (Å²) in [6.07, 6.45) is 14.0. The third kappa shape index (κ3) is 9.59. The van der Waals surface area contributed by atoms with Crippen LogP contribution in [0.1, 0.15) is 112 Å². The van der Waals surface area contributed by atoms with Gasteiger partial charge in [0.1, 0.15) is 39.9 Å². The molecule has 17 heteroatoms. The minimum absolute atomic E-state index is 0.0648. The van der Waals surface area contributed by atoms with Crippen LogP contribution in [0.25, 0.3) is 11.0 Å². The predicted molar refractivity (Wildman–Crippen MR) is 260 cm³/mol. The molecule has 1 saturated carbocycles. The first kappa shape index (κ1) is 46.2. The number of halogens is 1. The first-order chi connectivity index (χ1) is 32.9. The molecule has 5 fully saturated rings. The second-order valence-corrected chi connectivity index (χ2v) is 21.7. The van der Waals surface area contributed by atoms with Crippen molar-refractivity contribution in [2.45, 2.75) is 113 Å². The Balaban J connectivity index is 0.808. The molecule has 68 heavy (non-hydrogen) atoms. The summed E-state index contributed by atoms with van der Waals surface area (Å²) < 4.78 is 57.5. The number of aromatic nitrogens is 3. The van der Waals surface area contributed by atoms with Crippen LogP contribution in [0.2, 0.25) is 0 Å². The molecule has 5 aromatic rings. The van der Waals surface area contributed by atoms with E-state index in [1.165, 1.54) is 61.3 Å². The van der Waals surface area contributed by atoms with Gasteiger partial charge in [0.05, 0.1) is 16.8 Å². The standard InChI is InChI=1S/C51H62FN9O6S/c1-34(2)40-6-3-4-7-41(40)45-8-5-19-61(45)37-29-50(30-37)14-20-60(21-15-50)47-28-46(67-38-26-35-11-18-53-48(35)55-31-38)42(32-54-47)49(62)58-68(64,65)39-9-10-43(44(27-39)57-63)56-33-51(52)16-22-59(23-17-51)36-12-24-66-25-13-36/h3-4,6-7,9-11,18,26-28,31-32,34,36-37,45,56H,5,8,12-17,19-25,29-30,33H2,1-2H3,(H,53,55)(H,58,62)/t45-/m0/s1. The maximum Gasteiger partial charge on any atom is 0.270 e. The van der Waals surface area contributed by atoms with Gasteiger partial charge in [-0.3, -0.25) is 14.6 Å². The van der Waals surface area contributed by atoms with Gasteiger partial charge in [-0.25, -0.2) is 27.5 Å². The van der Waals surface area contributed by atoms with Crippen molar-refractivity contribution >= 4 is 44.2 Å². The molecule has 0 radical (unpaired) electrons. The van der Waals surface area contributed by atoms with Crippen LogP contribution in [0.5, 0.6) is 11.5 Å². The van der Waals surface area contributed by atoms with Crippen LogP contribution >= 0.6 is 0 Å². The molecule has 2 aromatic carbocycles. The van der Waals surface area contributed by atoms with Gasteiger partial charge < -0.3 is 24.7 Å². The van der Waals surface area contributed by atoms with E-state index in [2.05, 4.69) is 78.0 Å². The minimum atomic E-state index is -4.54. The highest BCUT2D eigenvalue weighted by molar-refractivity contribution is 7.90. The SMILES string of the molecule is CC(C)c1ccccc1[C@@H]1CCCN1C1CC2(CCN(c3cc(Oc4cnc5[nH]ccc5c4)c(C(=O)NS(=O)(=O)c4ccc(NCC5(F)CCN(C6CCOCC6)CC5)c(N=O)c4)cn3)CC2)C1. The number of pyridine rings is 2. The van der Waals surface area contributed by atoms with Gasteiger partial charge in [0.25, 0.3) is 15.9 Å². The largest absolute Gasteiger partial charge is 0.455 e. The maximum atomic E-state index is 16.0. The Bertz CT molecular complexity index is 2740. The lowest BCUT2D eigenvalue weighted by Crippen LogP contribution is -2.55. The molecule has 1 aliphatic carbocycles. The van der Waals surface area contributed by atoms with Crippen LogP contribution in [0.15, 0.2) is 89.3 Å². The number of aromatic amines is 1. The lowest BCUT2D eigenvalue weighted by Gasteiger charge is -2.56. The average Bonchev–Trinajstić information content (AvgIpc) is 4.03. The summed E-state index contributed by atoms with van der Waals surface area (Å²) in [5.74, 6) is 0.598. The summed E-state index contributed by atoms with van der Waals surface area (Å²) in [6.45, 7) is 9.91. The van der Waals surface area contributed by atoms with Gasteiger partial charge >= 0.3 is 0 Å². The molecule has 1 amide bonds. The summed E-state index contributed by atoms with van der Waals surface area (Å²) in [7, 11) is -4.54. The zero-order chi connectivity index (χ0) is 47.0. The molecular formula is C51H62FN9O6S. The number of sulfonamides is 1. The number of hydrogen-bond acceptors (Lipinski definition) is 13. The highest BCUT2D eigenvalue weighted by atomic mass is 32.2. The van der Waals surface area contributed by atoms with E-state index >= 15 is 4.39 Å². The van der Waals surface area contributed by atoms with Crippen molar-refractivity contribution < 1.29 is 27.1 Å². The van der Waals surface area contributed by atoms with Gasteiger partial charge in [0.15, 0.2) is 0 Å². The number of H-pyrrole nitrogens is 1. The number of anilines is 2. The smallest absolute Gasteiger partial charge is 0.270 e. The molecule has 4 saturated heterocycles. The Kier molecular flexibility index (Phi) is 13.0. The molecule has 5 aliphatic rings. The Morgan fingerprint density at radius 1 is 0.941 bits per heavy atom. The number of benzene rings is 2. The van der Waals surface area contributed by atoms with Gasteiger partial charge in [-0.2, -0.15) is 0 Å². The quantitative estimate of drug-likeness (QED) is 0.0902. The van der Waals surface area contributed by atoms with E-state index in [1.807, 2.05) is 6.07 Å². The van der Waals surface area contributed by atoms with Crippen molar-refractivity contribution in [1.29, 1.82) is 0 Å². The molecule has 1 spiro atoms. The Labute approximate surface area is 397 Å². The number of carbonyl (C=O) groups is 1. The van der Waals surface area contributed by atoms with Crippen molar-refractivity contribution in [3.63, 3.8) is 0 Å². The van der Waals surface area contributed by atoms with E-state index in [-0.39, 0.29) is 39.5 Å². The van der Waals surface area contributed by atoms with Gasteiger partial charge in [0, 0.05) is 87.9 Å². The summed E-state index contributed by atoms with van der Waals surface area (Å²) >= 11 is 0. The van der Waals surface area contributed by atoms with Crippen LogP contribution in [0, 0.1) is 10.3 Å². The van der Waals surface area contributed by atoms with Crippen molar-refractivity contribution in [1.82, 2.24) is 29.5 Å². The Morgan fingerprint density at radius 2 is 1.72 bits per heavy atom. The number of nitroso groups, excluding NO2 is 1. The van der Waals surface area contributed by atoms with E-state index in [0.29, 0.717) is 67.2 Å². The lowest BCUT2D eigenvalue weighted by molar-refractivity contribution is -0.0228. The third-order valence-electron chi connectivity index (χ3n) is 15.5. The maximum absolute atomic E-state index is 16.0. The van der Waals surface area contributed by atoms with E-state index < -0.39 is 21.6 Å². The number of piperidine rings is 2. The molecule has 7 heterocycles. The number of carbonyl (C=O) groups excluding carboxylic acids is 1. The minimum Gasteiger partial charge on any atom is -0.455 e. The number of amides is 1. The first-order valence-corrected chi connectivity index (χ1v) is 25.9. The topological polar surface area (TPSA) is 174 Å². The fraction of sp³-hybridized carbons (Fsp3) is 0.510. The number of nitrogens with one attached hydrogen (secondary N) is 3. The molecule has 0 bridgehead atoms. The number of fused-ring (bicyclic) bond motifs is 1. The van der Waals surface area contributed by atoms with Crippen molar-refractivity contribution in [2.75, 3.05) is 62.7 Å². The van der Waals surface area contributed by atoms with E-state index in [9.17, 15) is 18.1 Å². The number of nitrogens with zero attached hydrogens (tertiary/aromatic N) is 6. The average molecular weight is 948 g/mol. The van der Waals surface area contributed by atoms with Crippen LogP contribution in [-0.4, -0.2) is 109 Å². The normalized spacial score (nSPS) is 21.5. The number of rotatable bonds is 14. The first-order valence-electron chi connectivity index (χ1n) is 24.4. The summed E-state index contributed by atoms with van der Waals surface area (Å²) in [5, 5.41) is 6.85. The molecular weight excluding hydrogens is 886 g/mol. The molecule has 0 unspecified atom stereocenters. The Morgan fingerprint density at radius 3 is 2.49 bits per heavy atom. The lowest BCUT2D eigenvalue weighted by atomic mass is 9.60. The molecule has 3 N–H and O–H groups in total. The highest BCUT2D eigenvalue weighted by Gasteiger charge is 2.50. The molecule has 1 atom stereocenters.